The first-order chi connectivity index (χ1) is 10.3. The van der Waals surface area contributed by atoms with Crippen molar-refractivity contribution in [2.45, 2.75) is 24.9 Å². The smallest absolute Gasteiger partial charge is 0.0432 e. The molecular formula is C19H22N2. The second-order valence-electron chi connectivity index (χ2n) is 6.40. The predicted molar refractivity (Wildman–Crippen MR) is 87.7 cm³/mol. The average molecular weight is 278 g/mol. The Hall–Kier alpha value is -1.80. The summed E-state index contributed by atoms with van der Waals surface area (Å²) in [5.41, 5.74) is 4.41. The maximum Gasteiger partial charge on any atom is 0.0432 e. The Labute approximate surface area is 127 Å². The first-order valence-corrected chi connectivity index (χ1v) is 7.91. The van der Waals surface area contributed by atoms with Gasteiger partial charge in [0.1, 0.15) is 0 Å². The molecule has 4 rings (SSSR count). The van der Waals surface area contributed by atoms with Crippen LogP contribution in [0.5, 0.6) is 0 Å². The van der Waals surface area contributed by atoms with Crippen LogP contribution in [0.1, 0.15) is 23.5 Å². The van der Waals surface area contributed by atoms with Crippen LogP contribution in [0.15, 0.2) is 54.6 Å². The van der Waals surface area contributed by atoms with Crippen LogP contribution in [-0.2, 0) is 6.54 Å². The lowest BCUT2D eigenvalue weighted by Gasteiger charge is -2.37. The lowest BCUT2D eigenvalue weighted by atomic mass is 9.89. The summed E-state index contributed by atoms with van der Waals surface area (Å²) in [6.07, 6.45) is 1.27. The second-order valence-corrected chi connectivity index (χ2v) is 6.40. The lowest BCUT2D eigenvalue weighted by molar-refractivity contribution is 0.230. The average Bonchev–Trinajstić information content (AvgIpc) is 2.82. The molecule has 2 nitrogen and oxygen atoms in total. The van der Waals surface area contributed by atoms with Crippen molar-refractivity contribution in [2.75, 3.05) is 25.0 Å². The highest BCUT2D eigenvalue weighted by molar-refractivity contribution is 5.62. The molecule has 0 unspecified atom stereocenters. The van der Waals surface area contributed by atoms with Crippen molar-refractivity contribution in [2.24, 2.45) is 0 Å². The summed E-state index contributed by atoms with van der Waals surface area (Å²) in [7, 11) is 2.25. The second kappa shape index (κ2) is 5.19. The molecule has 0 aliphatic carbocycles. The molecule has 0 spiro atoms. The van der Waals surface area contributed by atoms with Gasteiger partial charge in [-0.1, -0.05) is 48.5 Å². The van der Waals surface area contributed by atoms with Crippen LogP contribution in [0, 0.1) is 0 Å². The molecule has 0 bridgehead atoms. The van der Waals surface area contributed by atoms with Gasteiger partial charge in [-0.2, -0.15) is 0 Å². The molecule has 0 amide bonds. The van der Waals surface area contributed by atoms with Gasteiger partial charge in [0.2, 0.25) is 0 Å². The molecule has 2 aliphatic heterocycles. The zero-order chi connectivity index (χ0) is 14.2. The van der Waals surface area contributed by atoms with E-state index in [1.807, 2.05) is 0 Å². The molecule has 21 heavy (non-hydrogen) atoms. The Balaban J connectivity index is 1.69. The molecule has 2 atom stereocenters. The number of nitrogens with zero attached hydrogens (tertiary/aromatic N) is 2. The number of fused-ring (bicyclic) bond motifs is 3. The van der Waals surface area contributed by atoms with Gasteiger partial charge in [0, 0.05) is 30.7 Å². The van der Waals surface area contributed by atoms with Crippen molar-refractivity contribution in [1.29, 1.82) is 0 Å². The minimum Gasteiger partial charge on any atom is -0.363 e. The number of rotatable bonds is 2. The van der Waals surface area contributed by atoms with Gasteiger partial charge in [-0.25, -0.2) is 0 Å². The van der Waals surface area contributed by atoms with Gasteiger partial charge in [-0.3, -0.25) is 0 Å². The van der Waals surface area contributed by atoms with E-state index in [-0.39, 0.29) is 0 Å². The van der Waals surface area contributed by atoms with Gasteiger partial charge < -0.3 is 9.80 Å². The number of hydrogen-bond acceptors (Lipinski definition) is 2. The van der Waals surface area contributed by atoms with Crippen LogP contribution in [0.4, 0.5) is 5.69 Å². The summed E-state index contributed by atoms with van der Waals surface area (Å²) in [6.45, 7) is 3.43. The van der Waals surface area contributed by atoms with Crippen LogP contribution < -0.4 is 4.90 Å². The summed E-state index contributed by atoms with van der Waals surface area (Å²) < 4.78 is 0. The van der Waals surface area contributed by atoms with Gasteiger partial charge in [0.15, 0.2) is 0 Å². The zero-order valence-corrected chi connectivity index (χ0v) is 12.6. The topological polar surface area (TPSA) is 6.48 Å². The van der Waals surface area contributed by atoms with E-state index in [9.17, 15) is 0 Å². The largest absolute Gasteiger partial charge is 0.363 e. The number of likely N-dealkylation sites (tertiary alicyclic amines) is 1. The van der Waals surface area contributed by atoms with Crippen molar-refractivity contribution in [3.63, 3.8) is 0 Å². The highest BCUT2D eigenvalue weighted by Crippen LogP contribution is 2.44. The van der Waals surface area contributed by atoms with E-state index in [1.165, 1.54) is 30.8 Å². The highest BCUT2D eigenvalue weighted by Gasteiger charge is 2.40. The number of para-hydroxylation sites is 1. The molecule has 2 aliphatic rings. The first kappa shape index (κ1) is 12.9. The molecule has 0 radical (unpaired) electrons. The van der Waals surface area contributed by atoms with Crippen LogP contribution in [0.25, 0.3) is 0 Å². The molecule has 0 aromatic heterocycles. The summed E-state index contributed by atoms with van der Waals surface area (Å²) >= 11 is 0. The fraction of sp³-hybridized carbons (Fsp3) is 0.368. The molecule has 0 saturated carbocycles. The molecular weight excluding hydrogens is 256 g/mol. The SMILES string of the molecule is CN1CC[C@@H]2[C@H](C1)c1ccccc1N2Cc1ccccc1. The van der Waals surface area contributed by atoms with E-state index in [4.69, 9.17) is 0 Å². The van der Waals surface area contributed by atoms with Crippen molar-refractivity contribution in [1.82, 2.24) is 4.90 Å². The number of likely N-dealkylation sites (N-methyl/N-ethyl adjacent to an activating group) is 1. The van der Waals surface area contributed by atoms with Crippen molar-refractivity contribution in [3.8, 4) is 0 Å². The standard InChI is InChI=1S/C19H22N2/c1-20-12-11-19-17(14-20)16-9-5-6-10-18(16)21(19)13-15-7-3-2-4-8-15/h2-10,17,19H,11-14H2,1H3/t17-,19-/m1/s1. The Morgan fingerprint density at radius 2 is 1.76 bits per heavy atom. The van der Waals surface area contributed by atoms with Crippen molar-refractivity contribution < 1.29 is 0 Å². The Bertz CT molecular complexity index is 622. The molecule has 2 aromatic rings. The minimum absolute atomic E-state index is 0.666. The summed E-state index contributed by atoms with van der Waals surface area (Å²) in [5.74, 6) is 0.670. The van der Waals surface area contributed by atoms with Crippen LogP contribution in [0.3, 0.4) is 0 Å². The third-order valence-electron chi connectivity index (χ3n) is 5.02. The van der Waals surface area contributed by atoms with E-state index in [2.05, 4.69) is 71.4 Å². The van der Waals surface area contributed by atoms with E-state index in [1.54, 1.807) is 5.56 Å². The Morgan fingerprint density at radius 3 is 2.62 bits per heavy atom. The molecule has 1 fully saturated rings. The number of anilines is 1. The van der Waals surface area contributed by atoms with E-state index in [0.717, 1.165) is 6.54 Å². The Morgan fingerprint density at radius 1 is 1.00 bits per heavy atom. The molecule has 2 heteroatoms. The molecule has 1 saturated heterocycles. The molecule has 2 heterocycles. The zero-order valence-electron chi connectivity index (χ0n) is 12.6. The summed E-state index contributed by atoms with van der Waals surface area (Å²) in [4.78, 5) is 5.12. The number of piperidine rings is 1. The van der Waals surface area contributed by atoms with Gasteiger partial charge in [0.05, 0.1) is 0 Å². The van der Waals surface area contributed by atoms with Gasteiger partial charge >= 0.3 is 0 Å². The first-order valence-electron chi connectivity index (χ1n) is 7.91. The van der Waals surface area contributed by atoms with E-state index >= 15 is 0 Å². The lowest BCUT2D eigenvalue weighted by Crippen LogP contribution is -2.44. The van der Waals surface area contributed by atoms with E-state index in [0.29, 0.717) is 12.0 Å². The fourth-order valence-corrected chi connectivity index (χ4v) is 4.01. The van der Waals surface area contributed by atoms with Gasteiger partial charge in [0.25, 0.3) is 0 Å². The quantitative estimate of drug-likeness (QED) is 0.829. The monoisotopic (exact) mass is 278 g/mol. The summed E-state index contributed by atoms with van der Waals surface area (Å²) in [5, 5.41) is 0. The maximum absolute atomic E-state index is 2.64. The number of hydrogen-bond donors (Lipinski definition) is 0. The third kappa shape index (κ3) is 2.24. The van der Waals surface area contributed by atoms with Gasteiger partial charge in [-0.15, -0.1) is 0 Å². The third-order valence-corrected chi connectivity index (χ3v) is 5.02. The molecule has 108 valence electrons. The van der Waals surface area contributed by atoms with E-state index < -0.39 is 0 Å². The van der Waals surface area contributed by atoms with Crippen molar-refractivity contribution in [3.05, 3.63) is 65.7 Å². The fourth-order valence-electron chi connectivity index (χ4n) is 4.01. The van der Waals surface area contributed by atoms with Gasteiger partial charge in [-0.05, 0) is 37.2 Å². The molecule has 0 N–H and O–H groups in total. The van der Waals surface area contributed by atoms with Crippen molar-refractivity contribution >= 4 is 5.69 Å². The predicted octanol–water partition coefficient (Wildman–Crippen LogP) is 3.49. The number of benzene rings is 2. The van der Waals surface area contributed by atoms with Crippen LogP contribution >= 0.6 is 0 Å². The maximum atomic E-state index is 2.64. The molecule has 2 aromatic carbocycles. The highest BCUT2D eigenvalue weighted by atomic mass is 15.2. The summed E-state index contributed by atoms with van der Waals surface area (Å²) in [6, 6.07) is 20.5. The minimum atomic E-state index is 0.666. The Kier molecular flexibility index (Phi) is 3.19. The van der Waals surface area contributed by atoms with Crippen LogP contribution in [-0.4, -0.2) is 31.1 Å². The van der Waals surface area contributed by atoms with Crippen LogP contribution in [0.2, 0.25) is 0 Å². The normalized spacial score (nSPS) is 24.7.